The number of hydrogen-bond donors (Lipinski definition) is 2. The molecule has 0 saturated heterocycles. The van der Waals surface area contributed by atoms with Gasteiger partial charge in [-0.2, -0.15) is 5.21 Å². The highest BCUT2D eigenvalue weighted by Gasteiger charge is 2.47. The Morgan fingerprint density at radius 3 is 2.38 bits per heavy atom. The third-order valence-electron chi connectivity index (χ3n) is 7.85. The van der Waals surface area contributed by atoms with Gasteiger partial charge in [0, 0.05) is 11.1 Å². The second-order valence-electron chi connectivity index (χ2n) is 11.1. The van der Waals surface area contributed by atoms with Crippen molar-refractivity contribution in [1.29, 1.82) is 0 Å². The van der Waals surface area contributed by atoms with Crippen molar-refractivity contribution in [1.82, 2.24) is 30.8 Å². The molecule has 0 fully saturated rings. The van der Waals surface area contributed by atoms with Gasteiger partial charge in [-0.05, 0) is 80.0 Å². The zero-order chi connectivity index (χ0) is 28.9. The van der Waals surface area contributed by atoms with Gasteiger partial charge in [0.25, 0.3) is 11.8 Å². The van der Waals surface area contributed by atoms with E-state index >= 15 is 0 Å². The first kappa shape index (κ1) is 29.0. The van der Waals surface area contributed by atoms with Crippen LogP contribution in [0.25, 0.3) is 0 Å². The molecule has 3 atom stereocenters. The number of aromatic nitrogens is 4. The van der Waals surface area contributed by atoms with Crippen LogP contribution in [0.5, 0.6) is 0 Å². The number of carbonyl (C=O) groups is 2. The molecular weight excluding hydrogens is 509 g/mol. The van der Waals surface area contributed by atoms with Crippen LogP contribution >= 0.6 is 0 Å². The SMILES string of the molecule is CCCC(c1ccc(C(=O)NCc2nn[nH]n2)cc1)N1C(=O)C(c2ccc(F)cc2)=NC1(C)CCC(C)C(C)C. The molecule has 0 bridgehead atoms. The summed E-state index contributed by atoms with van der Waals surface area (Å²) in [5.74, 6) is 0.601. The van der Waals surface area contributed by atoms with E-state index in [-0.39, 0.29) is 30.2 Å². The van der Waals surface area contributed by atoms with Crippen molar-refractivity contribution in [3.05, 3.63) is 76.9 Å². The van der Waals surface area contributed by atoms with Crippen molar-refractivity contribution in [2.24, 2.45) is 16.8 Å². The van der Waals surface area contributed by atoms with Crippen LogP contribution in [-0.2, 0) is 11.3 Å². The maximum Gasteiger partial charge on any atom is 0.275 e. The molecule has 0 spiro atoms. The summed E-state index contributed by atoms with van der Waals surface area (Å²) in [5, 5.41) is 16.3. The fourth-order valence-corrected chi connectivity index (χ4v) is 5.05. The molecule has 10 heteroatoms. The van der Waals surface area contributed by atoms with Crippen LogP contribution in [0.2, 0.25) is 0 Å². The van der Waals surface area contributed by atoms with Crippen molar-refractivity contribution in [2.45, 2.75) is 78.6 Å². The van der Waals surface area contributed by atoms with Gasteiger partial charge in [-0.1, -0.05) is 51.5 Å². The zero-order valence-electron chi connectivity index (χ0n) is 23.8. The van der Waals surface area contributed by atoms with Crippen LogP contribution in [0.1, 0.15) is 93.7 Å². The molecule has 2 aromatic carbocycles. The maximum atomic E-state index is 14.1. The predicted molar refractivity (Wildman–Crippen MR) is 151 cm³/mol. The number of H-pyrrole nitrogens is 1. The Balaban J connectivity index is 1.63. The molecule has 1 aliphatic rings. The van der Waals surface area contributed by atoms with Gasteiger partial charge in [0.05, 0.1) is 12.6 Å². The van der Waals surface area contributed by atoms with Gasteiger partial charge in [-0.3, -0.25) is 14.6 Å². The normalized spacial score (nSPS) is 18.6. The highest BCUT2D eigenvalue weighted by molar-refractivity contribution is 6.46. The van der Waals surface area contributed by atoms with E-state index in [0.29, 0.717) is 40.9 Å². The molecule has 4 rings (SSSR count). The first-order valence-electron chi connectivity index (χ1n) is 13.9. The molecule has 1 aliphatic heterocycles. The van der Waals surface area contributed by atoms with E-state index in [0.717, 1.165) is 24.8 Å². The van der Waals surface area contributed by atoms with E-state index < -0.39 is 5.66 Å². The molecule has 3 aromatic rings. The van der Waals surface area contributed by atoms with E-state index in [1.54, 1.807) is 24.3 Å². The van der Waals surface area contributed by atoms with E-state index in [1.165, 1.54) is 12.1 Å². The molecule has 40 heavy (non-hydrogen) atoms. The summed E-state index contributed by atoms with van der Waals surface area (Å²) in [5.41, 5.74) is 1.64. The summed E-state index contributed by atoms with van der Waals surface area (Å²) < 4.78 is 13.7. The molecule has 0 saturated carbocycles. The topological polar surface area (TPSA) is 116 Å². The van der Waals surface area contributed by atoms with Gasteiger partial charge in [0.1, 0.15) is 17.2 Å². The number of carbonyl (C=O) groups excluding carboxylic acids is 2. The van der Waals surface area contributed by atoms with E-state index in [9.17, 15) is 14.0 Å². The first-order valence-corrected chi connectivity index (χ1v) is 13.9. The molecule has 2 amide bonds. The number of benzene rings is 2. The quantitative estimate of drug-likeness (QED) is 0.322. The monoisotopic (exact) mass is 547 g/mol. The second kappa shape index (κ2) is 12.5. The first-order chi connectivity index (χ1) is 19.1. The molecule has 2 N–H and O–H groups in total. The lowest BCUT2D eigenvalue weighted by molar-refractivity contribution is -0.131. The summed E-state index contributed by atoms with van der Waals surface area (Å²) >= 11 is 0. The number of tetrazole rings is 1. The largest absolute Gasteiger partial charge is 0.345 e. The Kier molecular flexibility index (Phi) is 9.07. The minimum absolute atomic E-state index is 0.160. The Hall–Kier alpha value is -3.95. The molecular formula is C30H38FN7O2. The third-order valence-corrected chi connectivity index (χ3v) is 7.85. The Morgan fingerprint density at radius 2 is 1.77 bits per heavy atom. The lowest BCUT2D eigenvalue weighted by Crippen LogP contribution is -2.47. The average molecular weight is 548 g/mol. The van der Waals surface area contributed by atoms with Crippen molar-refractivity contribution < 1.29 is 14.0 Å². The van der Waals surface area contributed by atoms with Gasteiger partial charge in [0.2, 0.25) is 0 Å². The second-order valence-corrected chi connectivity index (χ2v) is 11.1. The van der Waals surface area contributed by atoms with Gasteiger partial charge in [-0.25, -0.2) is 4.39 Å². The van der Waals surface area contributed by atoms with E-state index in [2.05, 4.69) is 53.6 Å². The van der Waals surface area contributed by atoms with E-state index in [4.69, 9.17) is 4.99 Å². The van der Waals surface area contributed by atoms with Crippen molar-refractivity contribution in [3.63, 3.8) is 0 Å². The van der Waals surface area contributed by atoms with Crippen LogP contribution in [0, 0.1) is 17.7 Å². The number of aliphatic imine (C=N–C) groups is 1. The highest BCUT2D eigenvalue weighted by Crippen LogP contribution is 2.41. The number of halogens is 1. The van der Waals surface area contributed by atoms with Gasteiger partial charge < -0.3 is 10.2 Å². The third kappa shape index (κ3) is 6.43. The molecule has 3 unspecified atom stereocenters. The fraction of sp³-hybridized carbons (Fsp3) is 0.467. The number of rotatable bonds is 12. The van der Waals surface area contributed by atoms with Crippen LogP contribution in [-0.4, -0.2) is 48.7 Å². The zero-order valence-corrected chi connectivity index (χ0v) is 23.8. The molecule has 0 aliphatic carbocycles. The molecule has 2 heterocycles. The molecule has 212 valence electrons. The van der Waals surface area contributed by atoms with Crippen LogP contribution in [0.4, 0.5) is 4.39 Å². The Morgan fingerprint density at radius 1 is 1.07 bits per heavy atom. The van der Waals surface area contributed by atoms with Crippen LogP contribution in [0.3, 0.4) is 0 Å². The standard InChI is InChI=1S/C30H38FN7O2/c1-6-7-25(21-8-10-23(11-9-21)28(39)32-18-26-34-36-37-35-26)38-29(40)27(22-12-14-24(31)15-13-22)33-30(38,5)17-16-20(4)19(2)3/h8-15,19-20,25H,6-7,16-18H2,1-5H3,(H,32,39)(H,34,35,36,37). The lowest BCUT2D eigenvalue weighted by atomic mass is 9.88. The molecule has 0 radical (unpaired) electrons. The van der Waals surface area contributed by atoms with E-state index in [1.807, 2.05) is 24.0 Å². The Labute approximate surface area is 234 Å². The maximum absolute atomic E-state index is 14.1. The average Bonchev–Trinajstić information content (AvgIpc) is 3.56. The number of nitrogens with one attached hydrogen (secondary N) is 2. The van der Waals surface area contributed by atoms with Crippen LogP contribution in [0.15, 0.2) is 53.5 Å². The predicted octanol–water partition coefficient (Wildman–Crippen LogP) is 5.23. The highest BCUT2D eigenvalue weighted by atomic mass is 19.1. The van der Waals surface area contributed by atoms with Crippen LogP contribution < -0.4 is 5.32 Å². The summed E-state index contributed by atoms with van der Waals surface area (Å²) in [6.07, 6.45) is 3.21. The van der Waals surface area contributed by atoms with Gasteiger partial charge >= 0.3 is 0 Å². The number of aromatic amines is 1. The summed E-state index contributed by atoms with van der Waals surface area (Å²) in [7, 11) is 0. The summed E-state index contributed by atoms with van der Waals surface area (Å²) in [6, 6.07) is 13.1. The number of nitrogens with zero attached hydrogens (tertiary/aromatic N) is 5. The molecule has 9 nitrogen and oxygen atoms in total. The summed E-state index contributed by atoms with van der Waals surface area (Å²) in [6.45, 7) is 10.9. The lowest BCUT2D eigenvalue weighted by Gasteiger charge is -2.40. The number of hydrogen-bond acceptors (Lipinski definition) is 6. The van der Waals surface area contributed by atoms with Crippen molar-refractivity contribution in [2.75, 3.05) is 0 Å². The number of amides is 2. The minimum Gasteiger partial charge on any atom is -0.345 e. The van der Waals surface area contributed by atoms with Crippen molar-refractivity contribution >= 4 is 17.5 Å². The van der Waals surface area contributed by atoms with Gasteiger partial charge in [0.15, 0.2) is 5.82 Å². The van der Waals surface area contributed by atoms with Gasteiger partial charge in [-0.15, -0.1) is 10.2 Å². The fourth-order valence-electron chi connectivity index (χ4n) is 5.05. The minimum atomic E-state index is -0.759. The van der Waals surface area contributed by atoms with Crippen molar-refractivity contribution in [3.8, 4) is 0 Å². The summed E-state index contributed by atoms with van der Waals surface area (Å²) in [4.78, 5) is 33.7. The molecule has 1 aromatic heterocycles. The Bertz CT molecular complexity index is 1320. The smallest absolute Gasteiger partial charge is 0.275 e.